The highest BCUT2D eigenvalue weighted by Crippen LogP contribution is 2.19. The zero-order valence-electron chi connectivity index (χ0n) is 11.1. The zero-order chi connectivity index (χ0) is 13.7. The van der Waals surface area contributed by atoms with Crippen LogP contribution in [0.1, 0.15) is 12.5 Å². The first-order chi connectivity index (χ1) is 9.19. The highest BCUT2D eigenvalue weighted by molar-refractivity contribution is 5.67. The summed E-state index contributed by atoms with van der Waals surface area (Å²) in [5.74, 6) is 0. The number of alkyl carbamates (subject to hydrolysis) is 1. The molecule has 19 heavy (non-hydrogen) atoms. The van der Waals surface area contributed by atoms with Gasteiger partial charge in [0.1, 0.15) is 0 Å². The summed E-state index contributed by atoms with van der Waals surface area (Å²) in [6, 6.07) is 7.98. The highest BCUT2D eigenvalue weighted by atomic mass is 16.5. The number of benzene rings is 1. The van der Waals surface area contributed by atoms with E-state index in [0.29, 0.717) is 13.2 Å². The molecule has 1 amide bonds. The predicted molar refractivity (Wildman–Crippen MR) is 72.5 cm³/mol. The van der Waals surface area contributed by atoms with Crippen molar-refractivity contribution in [2.45, 2.75) is 13.5 Å². The number of hydrogen-bond donors (Lipinski definition) is 1. The summed E-state index contributed by atoms with van der Waals surface area (Å²) >= 11 is 0. The molecule has 0 bridgehead atoms. The molecule has 0 aliphatic carbocycles. The lowest BCUT2D eigenvalue weighted by atomic mass is 10.1. The lowest BCUT2D eigenvalue weighted by Gasteiger charge is -2.06. The molecule has 2 aromatic rings. The summed E-state index contributed by atoms with van der Waals surface area (Å²) < 4.78 is 6.58. The number of ether oxygens (including phenoxy) is 1. The van der Waals surface area contributed by atoms with E-state index in [1.165, 1.54) is 0 Å². The van der Waals surface area contributed by atoms with Crippen molar-refractivity contribution in [3.63, 3.8) is 0 Å². The van der Waals surface area contributed by atoms with Crippen LogP contribution in [0.3, 0.4) is 0 Å². The second-order valence-electron chi connectivity index (χ2n) is 4.18. The maximum atomic E-state index is 11.2. The highest BCUT2D eigenvalue weighted by Gasteiger charge is 2.03. The van der Waals surface area contributed by atoms with Crippen molar-refractivity contribution in [1.82, 2.24) is 15.1 Å². The van der Waals surface area contributed by atoms with Crippen LogP contribution < -0.4 is 5.32 Å². The number of nitrogens with one attached hydrogen (secondary N) is 1. The van der Waals surface area contributed by atoms with E-state index in [-0.39, 0.29) is 0 Å². The first-order valence-corrected chi connectivity index (χ1v) is 6.17. The number of aryl methyl sites for hydroxylation is 1. The van der Waals surface area contributed by atoms with E-state index in [1.807, 2.05) is 43.7 Å². The number of rotatable bonds is 4. The fraction of sp³-hybridized carbons (Fsp3) is 0.286. The Morgan fingerprint density at radius 2 is 2.26 bits per heavy atom. The Morgan fingerprint density at radius 1 is 1.42 bits per heavy atom. The van der Waals surface area contributed by atoms with Crippen molar-refractivity contribution in [2.24, 2.45) is 7.05 Å². The van der Waals surface area contributed by atoms with Gasteiger partial charge in [-0.3, -0.25) is 4.68 Å². The van der Waals surface area contributed by atoms with Gasteiger partial charge in [-0.25, -0.2) is 4.79 Å². The van der Waals surface area contributed by atoms with Crippen molar-refractivity contribution in [1.29, 1.82) is 0 Å². The van der Waals surface area contributed by atoms with Crippen molar-refractivity contribution < 1.29 is 9.53 Å². The molecular formula is C14H17N3O2. The van der Waals surface area contributed by atoms with Gasteiger partial charge in [-0.15, -0.1) is 0 Å². The van der Waals surface area contributed by atoms with Crippen molar-refractivity contribution >= 4 is 6.09 Å². The zero-order valence-corrected chi connectivity index (χ0v) is 11.1. The molecule has 0 saturated heterocycles. The number of aromatic nitrogens is 2. The Bertz CT molecular complexity index is 563. The molecule has 100 valence electrons. The normalized spacial score (nSPS) is 10.2. The monoisotopic (exact) mass is 259 g/mol. The molecule has 0 fully saturated rings. The van der Waals surface area contributed by atoms with Crippen LogP contribution in [0.15, 0.2) is 36.7 Å². The first-order valence-electron chi connectivity index (χ1n) is 6.17. The quantitative estimate of drug-likeness (QED) is 0.916. The molecule has 0 radical (unpaired) electrons. The molecular weight excluding hydrogens is 242 g/mol. The molecule has 1 aromatic heterocycles. The Morgan fingerprint density at radius 3 is 2.95 bits per heavy atom. The van der Waals surface area contributed by atoms with E-state index in [0.717, 1.165) is 16.7 Å². The average molecular weight is 259 g/mol. The van der Waals surface area contributed by atoms with E-state index >= 15 is 0 Å². The summed E-state index contributed by atoms with van der Waals surface area (Å²) in [7, 11) is 1.88. The van der Waals surface area contributed by atoms with Crippen LogP contribution in [0.4, 0.5) is 4.79 Å². The van der Waals surface area contributed by atoms with E-state index in [9.17, 15) is 4.79 Å². The van der Waals surface area contributed by atoms with Gasteiger partial charge in [-0.1, -0.05) is 18.2 Å². The van der Waals surface area contributed by atoms with Crippen LogP contribution in [-0.2, 0) is 18.3 Å². The molecule has 2 rings (SSSR count). The summed E-state index contributed by atoms with van der Waals surface area (Å²) in [6.45, 7) is 2.61. The third-order valence-corrected chi connectivity index (χ3v) is 2.68. The molecule has 1 aromatic carbocycles. The smallest absolute Gasteiger partial charge is 0.407 e. The van der Waals surface area contributed by atoms with Gasteiger partial charge >= 0.3 is 6.09 Å². The van der Waals surface area contributed by atoms with Gasteiger partial charge < -0.3 is 10.1 Å². The molecule has 0 aliphatic heterocycles. The topological polar surface area (TPSA) is 56.1 Å². The molecule has 0 unspecified atom stereocenters. The van der Waals surface area contributed by atoms with Crippen molar-refractivity contribution in [3.8, 4) is 11.1 Å². The lowest BCUT2D eigenvalue weighted by molar-refractivity contribution is 0.151. The van der Waals surface area contributed by atoms with Gasteiger partial charge in [-0.05, 0) is 24.1 Å². The minimum Gasteiger partial charge on any atom is -0.450 e. The van der Waals surface area contributed by atoms with Gasteiger partial charge in [-0.2, -0.15) is 5.10 Å². The average Bonchev–Trinajstić information content (AvgIpc) is 2.84. The van der Waals surface area contributed by atoms with Crippen LogP contribution in [0.2, 0.25) is 0 Å². The van der Waals surface area contributed by atoms with Crippen LogP contribution >= 0.6 is 0 Å². The molecule has 1 N–H and O–H groups in total. The lowest BCUT2D eigenvalue weighted by Crippen LogP contribution is -2.23. The third-order valence-electron chi connectivity index (χ3n) is 2.68. The maximum absolute atomic E-state index is 11.2. The second-order valence-corrected chi connectivity index (χ2v) is 4.18. The van der Waals surface area contributed by atoms with Gasteiger partial charge in [0.05, 0.1) is 12.8 Å². The fourth-order valence-corrected chi connectivity index (χ4v) is 1.79. The summed E-state index contributed by atoms with van der Waals surface area (Å²) in [5, 5.41) is 6.85. The number of nitrogens with zero attached hydrogens (tertiary/aromatic N) is 2. The molecule has 0 saturated carbocycles. The van der Waals surface area contributed by atoms with Gasteiger partial charge in [0.25, 0.3) is 0 Å². The molecule has 0 atom stereocenters. The summed E-state index contributed by atoms with van der Waals surface area (Å²) in [5.41, 5.74) is 3.16. The van der Waals surface area contributed by atoms with Crippen LogP contribution in [0.25, 0.3) is 11.1 Å². The van der Waals surface area contributed by atoms with Crippen molar-refractivity contribution in [2.75, 3.05) is 6.61 Å². The third kappa shape index (κ3) is 3.58. The number of carbonyl (C=O) groups excluding carboxylic acids is 1. The standard InChI is InChI=1S/C14H17N3O2/c1-3-19-14(18)15-8-11-5-4-6-12(7-11)13-9-16-17(2)10-13/h4-7,9-10H,3,8H2,1-2H3,(H,15,18). The minimum atomic E-state index is -0.394. The van der Waals surface area contributed by atoms with Crippen LogP contribution in [0, 0.1) is 0 Å². The summed E-state index contributed by atoms with van der Waals surface area (Å²) in [4.78, 5) is 11.2. The van der Waals surface area contributed by atoms with E-state index < -0.39 is 6.09 Å². The van der Waals surface area contributed by atoms with E-state index in [4.69, 9.17) is 4.74 Å². The largest absolute Gasteiger partial charge is 0.450 e. The predicted octanol–water partition coefficient (Wildman–Crippen LogP) is 2.33. The number of amides is 1. The fourth-order valence-electron chi connectivity index (χ4n) is 1.79. The molecule has 0 aliphatic rings. The first kappa shape index (κ1) is 13.1. The maximum Gasteiger partial charge on any atom is 0.407 e. The van der Waals surface area contributed by atoms with E-state index in [2.05, 4.69) is 10.4 Å². The van der Waals surface area contributed by atoms with Crippen molar-refractivity contribution in [3.05, 3.63) is 42.2 Å². The molecule has 0 spiro atoms. The minimum absolute atomic E-state index is 0.377. The second kappa shape index (κ2) is 6.04. The SMILES string of the molecule is CCOC(=O)NCc1cccc(-c2cnn(C)c2)c1. The van der Waals surface area contributed by atoms with Crippen LogP contribution in [0.5, 0.6) is 0 Å². The Hall–Kier alpha value is -2.30. The number of hydrogen-bond acceptors (Lipinski definition) is 3. The van der Waals surface area contributed by atoms with Crippen LogP contribution in [-0.4, -0.2) is 22.5 Å². The Labute approximate surface area is 112 Å². The molecule has 1 heterocycles. The number of carbonyl (C=O) groups is 1. The molecule has 5 heteroatoms. The van der Waals surface area contributed by atoms with Gasteiger partial charge in [0, 0.05) is 25.4 Å². The van der Waals surface area contributed by atoms with Gasteiger partial charge in [0.2, 0.25) is 0 Å². The van der Waals surface area contributed by atoms with E-state index in [1.54, 1.807) is 11.6 Å². The Balaban J connectivity index is 2.05. The Kier molecular flexibility index (Phi) is 4.18. The molecule has 5 nitrogen and oxygen atoms in total. The van der Waals surface area contributed by atoms with Gasteiger partial charge in [0.15, 0.2) is 0 Å². The summed E-state index contributed by atoms with van der Waals surface area (Å²) in [6.07, 6.45) is 3.38.